The molecule has 3 rings (SSSR count). The third kappa shape index (κ3) is 4.78. The normalized spacial score (nSPS) is 10.3. The Kier molecular flexibility index (Phi) is 5.61. The van der Waals surface area contributed by atoms with Crippen molar-refractivity contribution in [3.05, 3.63) is 78.1 Å². The smallest absolute Gasteiger partial charge is 0.274 e. The molecule has 27 heavy (non-hydrogen) atoms. The first kappa shape index (κ1) is 18.3. The van der Waals surface area contributed by atoms with Gasteiger partial charge < -0.3 is 15.4 Å². The fraction of sp³-hybridized carbons (Fsp3) is 0.100. The maximum atomic E-state index is 13.8. The van der Waals surface area contributed by atoms with E-state index in [2.05, 4.69) is 15.6 Å². The van der Waals surface area contributed by atoms with Gasteiger partial charge in [0.1, 0.15) is 23.1 Å². The highest BCUT2D eigenvalue weighted by Gasteiger charge is 2.10. The Morgan fingerprint density at radius 1 is 1.04 bits per heavy atom. The van der Waals surface area contributed by atoms with Crippen LogP contribution in [0.15, 0.2) is 60.8 Å². The van der Waals surface area contributed by atoms with Gasteiger partial charge in [-0.25, -0.2) is 8.78 Å². The number of carbonyl (C=O) groups excluding carboxylic acids is 1. The van der Waals surface area contributed by atoms with E-state index in [1.165, 1.54) is 18.3 Å². The molecule has 0 saturated heterocycles. The number of hydrogen-bond acceptors (Lipinski definition) is 4. The first-order chi connectivity index (χ1) is 13.0. The quantitative estimate of drug-likeness (QED) is 0.658. The van der Waals surface area contributed by atoms with Crippen molar-refractivity contribution in [3.8, 4) is 5.75 Å². The maximum absolute atomic E-state index is 13.8. The molecule has 5 nitrogen and oxygen atoms in total. The fourth-order valence-electron chi connectivity index (χ4n) is 2.38. The van der Waals surface area contributed by atoms with Crippen molar-refractivity contribution in [2.24, 2.45) is 0 Å². The SMILES string of the molecule is CCOc1ccc(NC(=O)c2cc(Nc3ccc(F)cc3F)ccn2)cc1. The van der Waals surface area contributed by atoms with Gasteiger partial charge >= 0.3 is 0 Å². The van der Waals surface area contributed by atoms with Crippen LogP contribution in [-0.2, 0) is 0 Å². The van der Waals surface area contributed by atoms with Gasteiger partial charge in [0.05, 0.1) is 12.3 Å². The number of nitrogens with one attached hydrogen (secondary N) is 2. The number of hydrogen-bond donors (Lipinski definition) is 2. The fourth-order valence-corrected chi connectivity index (χ4v) is 2.38. The largest absolute Gasteiger partial charge is 0.494 e. The highest BCUT2D eigenvalue weighted by Crippen LogP contribution is 2.21. The summed E-state index contributed by atoms with van der Waals surface area (Å²) in [5, 5.41) is 5.53. The topological polar surface area (TPSA) is 63.2 Å². The van der Waals surface area contributed by atoms with Crippen LogP contribution in [0.5, 0.6) is 5.75 Å². The zero-order valence-electron chi connectivity index (χ0n) is 14.5. The van der Waals surface area contributed by atoms with E-state index in [4.69, 9.17) is 4.74 Å². The lowest BCUT2D eigenvalue weighted by atomic mass is 10.2. The molecule has 0 aliphatic heterocycles. The predicted octanol–water partition coefficient (Wildman–Crippen LogP) is 4.75. The van der Waals surface area contributed by atoms with Crippen molar-refractivity contribution in [1.82, 2.24) is 4.98 Å². The van der Waals surface area contributed by atoms with Crippen LogP contribution in [0.1, 0.15) is 17.4 Å². The minimum absolute atomic E-state index is 0.0977. The van der Waals surface area contributed by atoms with Crippen LogP contribution in [-0.4, -0.2) is 17.5 Å². The minimum Gasteiger partial charge on any atom is -0.494 e. The Labute approximate surface area is 155 Å². The minimum atomic E-state index is -0.729. The van der Waals surface area contributed by atoms with E-state index in [9.17, 15) is 13.6 Å². The van der Waals surface area contributed by atoms with Crippen molar-refractivity contribution < 1.29 is 18.3 Å². The van der Waals surface area contributed by atoms with E-state index in [1.807, 2.05) is 6.92 Å². The summed E-state index contributed by atoms with van der Waals surface area (Å²) in [6, 6.07) is 13.2. The number of aromatic nitrogens is 1. The average molecular weight is 369 g/mol. The monoisotopic (exact) mass is 369 g/mol. The van der Waals surface area contributed by atoms with Gasteiger partial charge in [-0.1, -0.05) is 0 Å². The second kappa shape index (κ2) is 8.27. The molecule has 0 aliphatic carbocycles. The highest BCUT2D eigenvalue weighted by molar-refractivity contribution is 6.03. The predicted molar refractivity (Wildman–Crippen MR) is 99.4 cm³/mol. The Balaban J connectivity index is 1.71. The van der Waals surface area contributed by atoms with Crippen LogP contribution in [0, 0.1) is 11.6 Å². The molecule has 0 saturated carbocycles. The van der Waals surface area contributed by atoms with E-state index < -0.39 is 17.5 Å². The van der Waals surface area contributed by atoms with Gasteiger partial charge in [0.2, 0.25) is 0 Å². The third-order valence-corrected chi connectivity index (χ3v) is 3.63. The molecular formula is C20H17F2N3O2. The summed E-state index contributed by atoms with van der Waals surface area (Å²) in [5.74, 6) is -1.10. The summed E-state index contributed by atoms with van der Waals surface area (Å²) in [6.45, 7) is 2.45. The Morgan fingerprint density at radius 2 is 1.81 bits per heavy atom. The number of halogens is 2. The Bertz CT molecular complexity index is 946. The molecule has 0 atom stereocenters. The van der Waals surface area contributed by atoms with Gasteiger partial charge in [-0.2, -0.15) is 0 Å². The summed E-state index contributed by atoms with van der Waals surface area (Å²) >= 11 is 0. The molecule has 0 radical (unpaired) electrons. The molecular weight excluding hydrogens is 352 g/mol. The molecule has 2 N–H and O–H groups in total. The summed E-state index contributed by atoms with van der Waals surface area (Å²) in [6.07, 6.45) is 1.43. The molecule has 0 fully saturated rings. The van der Waals surface area contributed by atoms with Crippen LogP contribution < -0.4 is 15.4 Å². The van der Waals surface area contributed by atoms with Crippen LogP contribution in [0.4, 0.5) is 25.8 Å². The summed E-state index contributed by atoms with van der Waals surface area (Å²) in [7, 11) is 0. The van der Waals surface area contributed by atoms with Crippen molar-refractivity contribution in [2.75, 3.05) is 17.2 Å². The van der Waals surface area contributed by atoms with Crippen molar-refractivity contribution in [1.29, 1.82) is 0 Å². The van der Waals surface area contributed by atoms with E-state index >= 15 is 0 Å². The van der Waals surface area contributed by atoms with E-state index in [0.717, 1.165) is 12.1 Å². The molecule has 3 aromatic rings. The van der Waals surface area contributed by atoms with Gasteiger partial charge in [-0.15, -0.1) is 0 Å². The van der Waals surface area contributed by atoms with Gasteiger partial charge in [0, 0.05) is 23.6 Å². The van der Waals surface area contributed by atoms with Gasteiger partial charge in [-0.3, -0.25) is 9.78 Å². The lowest BCUT2D eigenvalue weighted by Gasteiger charge is -2.10. The summed E-state index contributed by atoms with van der Waals surface area (Å²) < 4.78 is 32.1. The molecule has 2 aromatic carbocycles. The Morgan fingerprint density at radius 3 is 2.52 bits per heavy atom. The number of pyridine rings is 1. The number of anilines is 3. The average Bonchev–Trinajstić information content (AvgIpc) is 2.66. The van der Waals surface area contributed by atoms with Crippen LogP contribution in [0.3, 0.4) is 0 Å². The van der Waals surface area contributed by atoms with Crippen molar-refractivity contribution in [2.45, 2.75) is 6.92 Å². The molecule has 0 bridgehead atoms. The molecule has 1 aromatic heterocycles. The number of ether oxygens (including phenoxy) is 1. The summed E-state index contributed by atoms with van der Waals surface area (Å²) in [4.78, 5) is 16.4. The molecule has 1 heterocycles. The van der Waals surface area contributed by atoms with Crippen LogP contribution in [0.2, 0.25) is 0 Å². The first-order valence-corrected chi connectivity index (χ1v) is 8.27. The van der Waals surface area contributed by atoms with Gasteiger partial charge in [0.25, 0.3) is 5.91 Å². The zero-order chi connectivity index (χ0) is 19.2. The number of rotatable bonds is 6. The third-order valence-electron chi connectivity index (χ3n) is 3.63. The van der Waals surface area contributed by atoms with Crippen LogP contribution >= 0.6 is 0 Å². The number of amides is 1. The number of carbonyl (C=O) groups is 1. The van der Waals surface area contributed by atoms with Gasteiger partial charge in [-0.05, 0) is 55.5 Å². The number of benzene rings is 2. The summed E-state index contributed by atoms with van der Waals surface area (Å²) in [5.41, 5.74) is 1.29. The molecule has 7 heteroatoms. The molecule has 0 unspecified atom stereocenters. The van der Waals surface area contributed by atoms with Crippen molar-refractivity contribution >= 4 is 23.0 Å². The lowest BCUT2D eigenvalue weighted by molar-refractivity contribution is 0.102. The second-order valence-corrected chi connectivity index (χ2v) is 5.59. The number of nitrogens with zero attached hydrogens (tertiary/aromatic N) is 1. The second-order valence-electron chi connectivity index (χ2n) is 5.59. The van der Waals surface area contributed by atoms with E-state index in [1.54, 1.807) is 30.3 Å². The standard InChI is InChI=1S/C20H17F2N3O2/c1-2-27-16-6-4-14(5-7-16)25-20(26)19-12-15(9-10-23-19)24-18-8-3-13(21)11-17(18)22/h3-12H,2H2,1H3,(H,23,24)(H,25,26). The van der Waals surface area contributed by atoms with Crippen LogP contribution in [0.25, 0.3) is 0 Å². The highest BCUT2D eigenvalue weighted by atomic mass is 19.1. The molecule has 1 amide bonds. The zero-order valence-corrected chi connectivity index (χ0v) is 14.5. The lowest BCUT2D eigenvalue weighted by Crippen LogP contribution is -2.13. The van der Waals surface area contributed by atoms with E-state index in [-0.39, 0.29) is 11.4 Å². The maximum Gasteiger partial charge on any atom is 0.274 e. The first-order valence-electron chi connectivity index (χ1n) is 8.27. The van der Waals surface area contributed by atoms with Gasteiger partial charge in [0.15, 0.2) is 0 Å². The van der Waals surface area contributed by atoms with Crippen molar-refractivity contribution in [3.63, 3.8) is 0 Å². The molecule has 138 valence electrons. The molecule has 0 aliphatic rings. The van der Waals surface area contributed by atoms with E-state index in [0.29, 0.717) is 23.7 Å². The molecule has 0 spiro atoms. The Hall–Kier alpha value is -3.48.